The number of rotatable bonds is 17. The number of carbonyl (C=O) groups is 3. The summed E-state index contributed by atoms with van der Waals surface area (Å²) in [5.41, 5.74) is 26.0. The number of aldehydes is 1. The molecule has 0 saturated carbocycles. The third-order valence-corrected chi connectivity index (χ3v) is 16.2. The highest BCUT2D eigenvalue weighted by Gasteiger charge is 2.28. The van der Waals surface area contributed by atoms with Gasteiger partial charge in [0, 0.05) is 107 Å². The molecule has 0 aliphatic carbocycles. The lowest BCUT2D eigenvalue weighted by molar-refractivity contribution is -0.130. The van der Waals surface area contributed by atoms with E-state index in [-0.39, 0.29) is 39.9 Å². The molecular weight excluding hydrogens is 1260 g/mol. The van der Waals surface area contributed by atoms with Gasteiger partial charge in [0.15, 0.2) is 55.3 Å². The van der Waals surface area contributed by atoms with E-state index < -0.39 is 0 Å². The molecule has 8 N–H and O–H groups in total. The average molecular weight is 1350 g/mol. The van der Waals surface area contributed by atoms with Crippen LogP contribution >= 0.6 is 46.4 Å². The molecule has 0 aromatic carbocycles. The van der Waals surface area contributed by atoms with Crippen molar-refractivity contribution in [3.63, 3.8) is 0 Å². The zero-order valence-corrected chi connectivity index (χ0v) is 57.2. The number of hydrogen-bond acceptors (Lipinski definition) is 21. The van der Waals surface area contributed by atoms with Gasteiger partial charge in [-0.15, -0.1) is 0 Å². The summed E-state index contributed by atoms with van der Waals surface area (Å²) in [6, 6.07) is 0.387. The average Bonchev–Trinajstić information content (AvgIpc) is 1.62. The molecule has 32 heteroatoms. The summed E-state index contributed by atoms with van der Waals surface area (Å²) < 4.78 is 9.98. The first kappa shape index (κ1) is 72.9. The molecule has 2 atom stereocenters. The van der Waals surface area contributed by atoms with Gasteiger partial charge in [-0.05, 0) is 73.6 Å². The van der Waals surface area contributed by atoms with Crippen molar-refractivity contribution in [2.75, 3.05) is 54.8 Å². The number of hydrogen-bond donors (Lipinski definition) is 5. The van der Waals surface area contributed by atoms with E-state index in [1.54, 1.807) is 17.2 Å². The van der Waals surface area contributed by atoms with Gasteiger partial charge in [0.2, 0.25) is 11.8 Å². The molecule has 0 spiro atoms. The molecule has 496 valence electrons. The normalized spacial score (nSPS) is 14.0. The van der Waals surface area contributed by atoms with Crippen LogP contribution in [0.1, 0.15) is 128 Å². The van der Waals surface area contributed by atoms with Crippen molar-refractivity contribution < 1.29 is 14.4 Å². The predicted molar refractivity (Wildman–Crippen MR) is 363 cm³/mol. The smallest absolute Gasteiger partial charge is 0.222 e. The Labute approximate surface area is 555 Å². The fourth-order valence-corrected chi connectivity index (χ4v) is 10.6. The van der Waals surface area contributed by atoms with Crippen LogP contribution in [-0.4, -0.2) is 161 Å². The number of nitrogens with zero attached hydrogens (tertiary/aromatic N) is 20. The third-order valence-electron chi connectivity index (χ3n) is 15.0. The molecule has 9 aromatic heterocycles. The van der Waals surface area contributed by atoms with Crippen molar-refractivity contribution in [3.8, 4) is 22.8 Å². The highest BCUT2D eigenvalue weighted by atomic mass is 35.5. The molecule has 11 heterocycles. The number of amides is 2. The molecule has 2 aliphatic rings. The van der Waals surface area contributed by atoms with Crippen molar-refractivity contribution in [1.29, 1.82) is 0 Å². The summed E-state index contributed by atoms with van der Waals surface area (Å²) in [6.45, 7) is 30.3. The Morgan fingerprint density at radius 2 is 1.02 bits per heavy atom. The first-order chi connectivity index (χ1) is 44.2. The maximum atomic E-state index is 12.0. The summed E-state index contributed by atoms with van der Waals surface area (Å²) in [7, 11) is 0. The lowest BCUT2D eigenvalue weighted by Crippen LogP contribution is -2.31. The predicted octanol–water partition coefficient (Wildman–Crippen LogP) is 9.81. The Kier molecular flexibility index (Phi) is 28.2. The number of carbonyl (C=O) groups excluding carboxylic acids is 3. The number of anilines is 4. The van der Waals surface area contributed by atoms with Gasteiger partial charge in [-0.1, -0.05) is 81.0 Å². The quantitative estimate of drug-likeness (QED) is 0.0418. The topological polar surface area (TPSA) is 352 Å². The van der Waals surface area contributed by atoms with E-state index in [1.807, 2.05) is 59.3 Å². The molecule has 28 nitrogen and oxygen atoms in total. The summed E-state index contributed by atoms with van der Waals surface area (Å²) in [5.74, 6) is 3.50. The van der Waals surface area contributed by atoms with Gasteiger partial charge < -0.3 is 46.8 Å². The Bertz CT molecular complexity index is 3840. The van der Waals surface area contributed by atoms with Gasteiger partial charge in [-0.2, -0.15) is 15.3 Å². The minimum absolute atomic E-state index is 0.169. The SMILES string of the molecule is CCC(=O)N1CC[C@H](N)C1.CCCNc1ncnc(Cl)c1N.CCCn1c(-c2cnn(CC)c2C)nc2c(Cl)ncnc21.CCCn1c(-c2cnn(CC)c2C)nc2c(NC3CCN(C(=O)CC)C3)ncnc21.CCn1ncc(C=O)c1C.Nc1c(Cl)ncnc1Cl. The molecule has 9 aromatic rings. The Morgan fingerprint density at radius 3 is 1.49 bits per heavy atom. The molecule has 2 amide bonds. The van der Waals surface area contributed by atoms with Crippen molar-refractivity contribution in [2.24, 2.45) is 5.73 Å². The second-order valence-electron chi connectivity index (χ2n) is 21.2. The number of aromatic nitrogens is 18. The second-order valence-corrected chi connectivity index (χ2v) is 22.7. The van der Waals surface area contributed by atoms with Gasteiger partial charge in [0.1, 0.15) is 53.8 Å². The summed E-state index contributed by atoms with van der Waals surface area (Å²) in [6.07, 6.45) is 17.9. The Hall–Kier alpha value is -8.18. The van der Waals surface area contributed by atoms with Gasteiger partial charge in [-0.3, -0.25) is 28.4 Å². The number of nitrogens with two attached hydrogens (primary N) is 3. The zero-order chi connectivity index (χ0) is 67.2. The molecule has 2 fully saturated rings. The Balaban J connectivity index is 0.000000188. The van der Waals surface area contributed by atoms with Crippen molar-refractivity contribution in [1.82, 2.24) is 98.1 Å². The van der Waals surface area contributed by atoms with E-state index in [0.29, 0.717) is 52.3 Å². The van der Waals surface area contributed by atoms with Crippen LogP contribution in [0.15, 0.2) is 43.9 Å². The summed E-state index contributed by atoms with van der Waals surface area (Å²) in [5, 5.41) is 20.5. The summed E-state index contributed by atoms with van der Waals surface area (Å²) >= 11 is 22.7. The van der Waals surface area contributed by atoms with Crippen molar-refractivity contribution in [2.45, 2.75) is 166 Å². The minimum atomic E-state index is 0.169. The summed E-state index contributed by atoms with van der Waals surface area (Å²) in [4.78, 5) is 79.0. The van der Waals surface area contributed by atoms with Crippen molar-refractivity contribution >= 4 is 110 Å². The van der Waals surface area contributed by atoms with Gasteiger partial charge in [0.25, 0.3) is 0 Å². The van der Waals surface area contributed by atoms with Crippen LogP contribution in [0.4, 0.5) is 23.0 Å². The van der Waals surface area contributed by atoms with E-state index in [4.69, 9.17) is 68.6 Å². The zero-order valence-electron chi connectivity index (χ0n) is 54.2. The van der Waals surface area contributed by atoms with Crippen molar-refractivity contribution in [3.05, 3.63) is 87.2 Å². The largest absolute Gasteiger partial charge is 0.394 e. The van der Waals surface area contributed by atoms with Crippen LogP contribution in [-0.2, 0) is 42.3 Å². The highest BCUT2D eigenvalue weighted by Crippen LogP contribution is 2.32. The fraction of sp³-hybridized carbons (Fsp3) is 0.500. The van der Waals surface area contributed by atoms with Crippen LogP contribution in [0.25, 0.3) is 45.1 Å². The van der Waals surface area contributed by atoms with E-state index in [2.05, 4.69) is 128 Å². The number of likely N-dealkylation sites (tertiary alicyclic amines) is 2. The molecule has 11 rings (SSSR count). The molecule has 92 heavy (non-hydrogen) atoms. The molecule has 2 saturated heterocycles. The first-order valence-corrected chi connectivity index (χ1v) is 32.3. The number of imidazole rings is 2. The van der Waals surface area contributed by atoms with Crippen LogP contribution in [0.3, 0.4) is 0 Å². The standard InChI is InChI=1S/C21H30N8O.C14H17ClN6.C7H11ClN4.C7H10N2O.C7H14N2O.C4H3Cl2N3/c1-5-9-28-20(16-11-24-29(7-3)14(16)4)26-18-19(22-13-23-21(18)28)25-15-8-10-27(12-15)17(30)6-2;1-4-6-20-13(10-7-18-21(5-2)9(10)3)19-11-12(15)16-8-17-14(11)20;1-2-3-10-7-5(9)6(8)11-4-12-7;1-3-9-6(2)7(5-10)4-8-9;1-2-7(10)9-4-3-6(8)5-9;5-3-2(7)4(6)9-1-8-3/h11,13,15H,5-10,12H2,1-4H3,(H,22,23,25);7-8H,4-6H2,1-3H3;4H,2-3,9H2,1H3,(H,10,11,12);4-5H,3H2,1-2H3;6H,2-5,8H2,1H3;1H,7H2/t;;;;6-;/m....0./s1. The number of halogens is 4. The van der Waals surface area contributed by atoms with Crippen LogP contribution < -0.4 is 27.8 Å². The third kappa shape index (κ3) is 18.3. The van der Waals surface area contributed by atoms with E-state index in [9.17, 15) is 14.4 Å². The van der Waals surface area contributed by atoms with Crippen LogP contribution in [0, 0.1) is 20.8 Å². The molecule has 0 radical (unpaired) electrons. The Morgan fingerprint density at radius 1 is 0.565 bits per heavy atom. The van der Waals surface area contributed by atoms with E-state index in [1.165, 1.54) is 19.0 Å². The lowest BCUT2D eigenvalue weighted by Gasteiger charge is -2.16. The lowest BCUT2D eigenvalue weighted by atomic mass is 10.2. The first-order valence-electron chi connectivity index (χ1n) is 30.8. The van der Waals surface area contributed by atoms with E-state index in [0.717, 1.165) is 160 Å². The second kappa shape index (κ2) is 35.6. The number of nitrogen functional groups attached to an aromatic ring is 2. The van der Waals surface area contributed by atoms with Crippen LogP contribution in [0.5, 0.6) is 0 Å². The van der Waals surface area contributed by atoms with Gasteiger partial charge >= 0.3 is 0 Å². The minimum Gasteiger partial charge on any atom is -0.394 e. The van der Waals surface area contributed by atoms with E-state index >= 15 is 0 Å². The maximum Gasteiger partial charge on any atom is 0.222 e. The number of aryl methyl sites for hydroxylation is 5. The molecule has 0 bridgehead atoms. The molecule has 1 unspecified atom stereocenters. The maximum absolute atomic E-state index is 12.0. The monoisotopic (exact) mass is 1340 g/mol. The number of nitrogens with one attached hydrogen (secondary N) is 2. The molecular formula is C60H85Cl4N25O3. The van der Waals surface area contributed by atoms with Gasteiger partial charge in [0.05, 0.1) is 35.3 Å². The number of fused-ring (bicyclic) bond motifs is 2. The van der Waals surface area contributed by atoms with Crippen LogP contribution in [0.2, 0.25) is 20.6 Å². The molecule has 2 aliphatic heterocycles. The van der Waals surface area contributed by atoms with Gasteiger partial charge in [-0.25, -0.2) is 49.8 Å². The highest BCUT2D eigenvalue weighted by molar-refractivity contribution is 6.37. The fourth-order valence-electron chi connectivity index (χ4n) is 9.97.